The Morgan fingerprint density at radius 1 is 1.00 bits per heavy atom. The van der Waals surface area contributed by atoms with Crippen LogP contribution in [-0.4, -0.2) is 52.1 Å². The summed E-state index contributed by atoms with van der Waals surface area (Å²) in [5.41, 5.74) is 4.35. The molecule has 35 heavy (non-hydrogen) atoms. The topological polar surface area (TPSA) is 74.3 Å². The summed E-state index contributed by atoms with van der Waals surface area (Å²) in [6.45, 7) is 3.91. The molecule has 7 nitrogen and oxygen atoms in total. The fourth-order valence-corrected chi connectivity index (χ4v) is 5.82. The fourth-order valence-electron chi connectivity index (χ4n) is 5.59. The number of carbonyl (C=O) groups is 1. The van der Waals surface area contributed by atoms with E-state index in [4.69, 9.17) is 16.3 Å². The number of nitrogens with zero attached hydrogens (tertiary/aromatic N) is 4. The third-order valence-electron chi connectivity index (χ3n) is 7.80. The molecule has 0 bridgehead atoms. The van der Waals surface area contributed by atoms with Crippen LogP contribution in [0.25, 0.3) is 21.9 Å². The Morgan fingerprint density at radius 2 is 1.74 bits per heavy atom. The zero-order valence-corrected chi connectivity index (χ0v) is 20.3. The van der Waals surface area contributed by atoms with Gasteiger partial charge in [0.25, 0.3) is 0 Å². The molecule has 0 unspecified atom stereocenters. The molecular formula is C27H28ClN5O2. The highest BCUT2D eigenvalue weighted by Gasteiger charge is 2.39. The van der Waals surface area contributed by atoms with E-state index < -0.39 is 0 Å². The first-order valence-electron chi connectivity index (χ1n) is 12.2. The summed E-state index contributed by atoms with van der Waals surface area (Å²) < 4.78 is 5.54. The van der Waals surface area contributed by atoms with Crippen molar-refractivity contribution in [1.29, 1.82) is 0 Å². The van der Waals surface area contributed by atoms with Gasteiger partial charge in [-0.05, 0) is 54.9 Å². The van der Waals surface area contributed by atoms with Crippen LogP contribution < -0.4 is 4.90 Å². The predicted molar refractivity (Wildman–Crippen MR) is 138 cm³/mol. The lowest BCUT2D eigenvalue weighted by molar-refractivity contribution is 0.0516. The Balaban J connectivity index is 1.06. The van der Waals surface area contributed by atoms with Crippen LogP contribution in [-0.2, 0) is 11.3 Å². The average Bonchev–Trinajstić information content (AvgIpc) is 3.28. The van der Waals surface area contributed by atoms with E-state index in [1.165, 1.54) is 12.0 Å². The molecule has 0 aliphatic carbocycles. The van der Waals surface area contributed by atoms with Crippen molar-refractivity contribution in [1.82, 2.24) is 19.9 Å². The first kappa shape index (κ1) is 22.2. The number of halogens is 1. The summed E-state index contributed by atoms with van der Waals surface area (Å²) in [5, 5.41) is 2.40. The lowest BCUT2D eigenvalue weighted by atomic mass is 9.71. The van der Waals surface area contributed by atoms with Crippen molar-refractivity contribution in [3.63, 3.8) is 0 Å². The maximum atomic E-state index is 12.5. The quantitative estimate of drug-likeness (QED) is 0.369. The molecule has 8 heteroatoms. The van der Waals surface area contributed by atoms with Crippen molar-refractivity contribution in [2.45, 2.75) is 32.3 Å². The van der Waals surface area contributed by atoms with Gasteiger partial charge < -0.3 is 19.5 Å². The van der Waals surface area contributed by atoms with Gasteiger partial charge in [-0.2, -0.15) is 0 Å². The molecule has 1 N–H and O–H groups in total. The van der Waals surface area contributed by atoms with Crippen LogP contribution in [0.2, 0.25) is 5.15 Å². The van der Waals surface area contributed by atoms with Crippen molar-refractivity contribution in [3.05, 3.63) is 65.6 Å². The minimum Gasteiger partial charge on any atom is -0.445 e. The molecule has 4 heterocycles. The minimum absolute atomic E-state index is 0.197. The van der Waals surface area contributed by atoms with E-state index >= 15 is 0 Å². The molecule has 2 fully saturated rings. The van der Waals surface area contributed by atoms with Crippen molar-refractivity contribution in [2.24, 2.45) is 5.41 Å². The van der Waals surface area contributed by atoms with Gasteiger partial charge in [0.15, 0.2) is 0 Å². The first-order chi connectivity index (χ1) is 17.1. The smallest absolute Gasteiger partial charge is 0.410 e. The van der Waals surface area contributed by atoms with Crippen molar-refractivity contribution >= 4 is 45.3 Å². The largest absolute Gasteiger partial charge is 0.445 e. The highest BCUT2D eigenvalue weighted by molar-refractivity contribution is 6.36. The summed E-state index contributed by atoms with van der Waals surface area (Å²) in [5.74, 6) is 0. The third-order valence-corrected chi connectivity index (χ3v) is 8.09. The molecule has 2 aromatic carbocycles. The van der Waals surface area contributed by atoms with E-state index in [9.17, 15) is 4.79 Å². The number of fused-ring (bicyclic) bond motifs is 3. The summed E-state index contributed by atoms with van der Waals surface area (Å²) >= 11 is 6.31. The number of ether oxygens (including phenoxy) is 1. The molecule has 2 aromatic heterocycles. The van der Waals surface area contributed by atoms with Crippen LogP contribution in [0.1, 0.15) is 31.2 Å². The summed E-state index contributed by atoms with van der Waals surface area (Å²) in [6, 6.07) is 16.3. The van der Waals surface area contributed by atoms with Gasteiger partial charge in [-0.3, -0.25) is 0 Å². The summed E-state index contributed by atoms with van der Waals surface area (Å²) in [7, 11) is 0. The number of aromatic amines is 1. The monoisotopic (exact) mass is 489 g/mol. The lowest BCUT2D eigenvalue weighted by Crippen LogP contribution is -2.48. The lowest BCUT2D eigenvalue weighted by Gasteiger charge is -2.47. The number of rotatable bonds is 3. The molecule has 2 aliphatic rings. The Labute approximate surface area is 209 Å². The van der Waals surface area contributed by atoms with Gasteiger partial charge in [0.05, 0.1) is 5.39 Å². The SMILES string of the molecule is O=C(OCc1ccccc1)N1CCC2(CC1)CCN(c1ccc3c(c1)[nH]c1ncnc(Cl)c13)CC2. The zero-order valence-electron chi connectivity index (χ0n) is 19.5. The van der Waals surface area contributed by atoms with E-state index in [1.807, 2.05) is 35.2 Å². The molecule has 2 aliphatic heterocycles. The Hall–Kier alpha value is -3.32. The van der Waals surface area contributed by atoms with Gasteiger partial charge in [0.1, 0.15) is 23.7 Å². The summed E-state index contributed by atoms with van der Waals surface area (Å²) in [4.78, 5) is 28.7. The molecule has 1 spiro atoms. The second-order valence-corrected chi connectivity index (χ2v) is 10.1. The van der Waals surface area contributed by atoms with Gasteiger partial charge in [0.2, 0.25) is 0 Å². The maximum absolute atomic E-state index is 12.5. The Morgan fingerprint density at radius 3 is 2.51 bits per heavy atom. The van der Waals surface area contributed by atoms with Gasteiger partial charge in [0, 0.05) is 42.8 Å². The molecular weight excluding hydrogens is 462 g/mol. The van der Waals surface area contributed by atoms with E-state index in [2.05, 4.69) is 38.1 Å². The molecule has 0 atom stereocenters. The number of piperidine rings is 2. The molecule has 2 saturated heterocycles. The molecule has 6 rings (SSSR count). The van der Waals surface area contributed by atoms with Crippen LogP contribution in [0.3, 0.4) is 0 Å². The van der Waals surface area contributed by atoms with Gasteiger partial charge in [-0.15, -0.1) is 0 Å². The molecule has 4 aromatic rings. The number of benzene rings is 2. The van der Waals surface area contributed by atoms with Crippen LogP contribution in [0.5, 0.6) is 0 Å². The zero-order chi connectivity index (χ0) is 23.8. The molecule has 0 saturated carbocycles. The molecule has 1 amide bonds. The minimum atomic E-state index is -0.197. The van der Waals surface area contributed by atoms with E-state index in [0.29, 0.717) is 17.2 Å². The number of H-pyrrole nitrogens is 1. The highest BCUT2D eigenvalue weighted by atomic mass is 35.5. The first-order valence-corrected chi connectivity index (χ1v) is 12.6. The van der Waals surface area contributed by atoms with E-state index in [1.54, 1.807) is 0 Å². The number of amides is 1. The highest BCUT2D eigenvalue weighted by Crippen LogP contribution is 2.42. The maximum Gasteiger partial charge on any atom is 0.410 e. The fraction of sp³-hybridized carbons (Fsp3) is 0.370. The van der Waals surface area contributed by atoms with Crippen LogP contribution in [0.4, 0.5) is 10.5 Å². The Kier molecular flexibility index (Phi) is 5.72. The number of aromatic nitrogens is 3. The average molecular weight is 490 g/mol. The number of hydrogen-bond donors (Lipinski definition) is 1. The standard InChI is InChI=1S/C27H28ClN5O2/c28-24-23-21-7-6-20(16-22(21)31-25(23)30-18-29-24)32-12-8-27(9-13-32)10-14-33(15-11-27)26(34)35-17-19-4-2-1-3-5-19/h1-7,16,18H,8-15,17H2,(H,29,30,31). The van der Waals surface area contributed by atoms with Crippen molar-refractivity contribution < 1.29 is 9.53 Å². The second kappa shape index (κ2) is 9.04. The van der Waals surface area contributed by atoms with Gasteiger partial charge in [-0.1, -0.05) is 41.9 Å². The van der Waals surface area contributed by atoms with E-state index in [0.717, 1.165) is 79.4 Å². The van der Waals surface area contributed by atoms with E-state index in [-0.39, 0.29) is 6.09 Å². The Bertz CT molecular complexity index is 1350. The van der Waals surface area contributed by atoms with Gasteiger partial charge >= 0.3 is 6.09 Å². The second-order valence-electron chi connectivity index (χ2n) is 9.76. The number of nitrogens with one attached hydrogen (secondary N) is 1. The number of carbonyl (C=O) groups excluding carboxylic acids is 1. The summed E-state index contributed by atoms with van der Waals surface area (Å²) in [6.07, 6.45) is 5.65. The predicted octanol–water partition coefficient (Wildman–Crippen LogP) is 5.78. The van der Waals surface area contributed by atoms with Crippen LogP contribution in [0.15, 0.2) is 54.9 Å². The van der Waals surface area contributed by atoms with Gasteiger partial charge in [-0.25, -0.2) is 14.8 Å². The van der Waals surface area contributed by atoms with Crippen molar-refractivity contribution in [3.8, 4) is 0 Å². The normalized spacial score (nSPS) is 17.9. The third kappa shape index (κ3) is 4.29. The van der Waals surface area contributed by atoms with Crippen LogP contribution >= 0.6 is 11.6 Å². The van der Waals surface area contributed by atoms with Crippen LogP contribution in [0, 0.1) is 5.41 Å². The molecule has 180 valence electrons. The van der Waals surface area contributed by atoms with Crippen molar-refractivity contribution in [2.75, 3.05) is 31.1 Å². The molecule has 0 radical (unpaired) electrons. The number of anilines is 1. The number of hydrogen-bond acceptors (Lipinski definition) is 5. The number of likely N-dealkylation sites (tertiary alicyclic amines) is 1.